The molecule has 0 radical (unpaired) electrons. The molecule has 31 heavy (non-hydrogen) atoms. The molecule has 168 valence electrons. The quantitative estimate of drug-likeness (QED) is 0.728. The Bertz CT molecular complexity index is 1030. The molecule has 2 unspecified atom stereocenters. The van der Waals surface area contributed by atoms with Crippen LogP contribution < -0.4 is 5.56 Å². The zero-order valence-corrected chi connectivity index (χ0v) is 19.5. The fourth-order valence-corrected chi connectivity index (χ4v) is 6.11. The van der Waals surface area contributed by atoms with E-state index in [2.05, 4.69) is 18.8 Å². The molecule has 2 fully saturated rings. The van der Waals surface area contributed by atoms with Gasteiger partial charge >= 0.3 is 0 Å². The second-order valence-corrected chi connectivity index (χ2v) is 10.4. The van der Waals surface area contributed by atoms with Crippen LogP contribution in [-0.2, 0) is 11.3 Å². The molecule has 0 aromatic carbocycles. The molecule has 4 heterocycles. The third-order valence-corrected chi connectivity index (χ3v) is 7.72. The lowest BCUT2D eigenvalue weighted by Crippen LogP contribution is -2.44. The second kappa shape index (κ2) is 9.10. The number of aryl methyl sites for hydroxylation is 1. The molecule has 0 N–H and O–H groups in total. The number of nitrogens with zero attached hydrogens (tertiary/aromatic N) is 4. The van der Waals surface area contributed by atoms with Crippen LogP contribution in [0, 0.1) is 18.8 Å². The number of fused-ring (bicyclic) bond motifs is 1. The topological polar surface area (TPSA) is 75.5 Å². The van der Waals surface area contributed by atoms with Crippen molar-refractivity contribution in [3.05, 3.63) is 27.1 Å². The van der Waals surface area contributed by atoms with E-state index in [0.717, 1.165) is 58.3 Å². The van der Waals surface area contributed by atoms with Gasteiger partial charge in [-0.15, -0.1) is 11.3 Å². The summed E-state index contributed by atoms with van der Waals surface area (Å²) in [4.78, 5) is 48.6. The molecule has 2 saturated heterocycles. The summed E-state index contributed by atoms with van der Waals surface area (Å²) in [6.45, 7) is 9.15. The van der Waals surface area contributed by atoms with Crippen molar-refractivity contribution in [3.63, 3.8) is 0 Å². The average molecular weight is 445 g/mol. The molecule has 0 bridgehead atoms. The van der Waals surface area contributed by atoms with Crippen molar-refractivity contribution in [3.8, 4) is 0 Å². The van der Waals surface area contributed by atoms with E-state index in [-0.39, 0.29) is 23.9 Å². The molecule has 2 aliphatic rings. The highest BCUT2D eigenvalue weighted by atomic mass is 32.1. The Morgan fingerprint density at radius 3 is 2.35 bits per heavy atom. The van der Waals surface area contributed by atoms with Gasteiger partial charge < -0.3 is 9.80 Å². The van der Waals surface area contributed by atoms with Gasteiger partial charge in [-0.1, -0.05) is 26.7 Å². The summed E-state index contributed by atoms with van der Waals surface area (Å²) in [6, 6.07) is 0. The number of thiophene rings is 1. The van der Waals surface area contributed by atoms with Gasteiger partial charge in [0.2, 0.25) is 5.91 Å². The van der Waals surface area contributed by atoms with Crippen LogP contribution in [0.1, 0.15) is 61.2 Å². The van der Waals surface area contributed by atoms with Crippen molar-refractivity contribution in [1.82, 2.24) is 19.4 Å². The van der Waals surface area contributed by atoms with E-state index < -0.39 is 0 Å². The van der Waals surface area contributed by atoms with Gasteiger partial charge in [0.05, 0.1) is 16.6 Å². The number of hydrogen-bond donors (Lipinski definition) is 0. The van der Waals surface area contributed by atoms with E-state index in [4.69, 9.17) is 0 Å². The minimum Gasteiger partial charge on any atom is -0.341 e. The summed E-state index contributed by atoms with van der Waals surface area (Å²) in [5.74, 6) is 0.893. The van der Waals surface area contributed by atoms with Gasteiger partial charge in [-0.3, -0.25) is 19.0 Å². The number of likely N-dealkylation sites (tertiary alicyclic amines) is 2. The molecule has 4 rings (SSSR count). The van der Waals surface area contributed by atoms with Gasteiger partial charge in [-0.25, -0.2) is 4.98 Å². The van der Waals surface area contributed by atoms with Gasteiger partial charge in [0.1, 0.15) is 11.4 Å². The summed E-state index contributed by atoms with van der Waals surface area (Å²) < 4.78 is 1.40. The predicted octanol–water partition coefficient (Wildman–Crippen LogP) is 3.29. The molecule has 0 spiro atoms. The zero-order chi connectivity index (χ0) is 22.1. The SMILES string of the molecule is Cc1c(C(=O)N2CCCCCC2)sc2ncn(CC(=O)N3CC(C)CC(C)C3)c(=O)c12. The van der Waals surface area contributed by atoms with Gasteiger partial charge in [-0.2, -0.15) is 0 Å². The maximum absolute atomic E-state index is 13.2. The first kappa shape index (κ1) is 22.0. The van der Waals surface area contributed by atoms with Crippen molar-refractivity contribution in [2.24, 2.45) is 11.8 Å². The van der Waals surface area contributed by atoms with Gasteiger partial charge in [0.15, 0.2) is 0 Å². The number of carbonyl (C=O) groups excluding carboxylic acids is 2. The molecular formula is C23H32N4O3S. The van der Waals surface area contributed by atoms with E-state index in [1.807, 2.05) is 16.7 Å². The fourth-order valence-electron chi connectivity index (χ4n) is 5.01. The van der Waals surface area contributed by atoms with E-state index in [1.165, 1.54) is 22.2 Å². The lowest BCUT2D eigenvalue weighted by Gasteiger charge is -2.35. The highest BCUT2D eigenvalue weighted by molar-refractivity contribution is 7.20. The van der Waals surface area contributed by atoms with Crippen LogP contribution >= 0.6 is 11.3 Å². The first-order valence-electron chi connectivity index (χ1n) is 11.4. The summed E-state index contributed by atoms with van der Waals surface area (Å²) in [5.41, 5.74) is 0.453. The minimum atomic E-state index is -0.236. The van der Waals surface area contributed by atoms with Gasteiger partial charge in [0.25, 0.3) is 11.5 Å². The number of piperidine rings is 1. The molecule has 0 aliphatic carbocycles. The number of rotatable bonds is 3. The second-order valence-electron chi connectivity index (χ2n) is 9.37. The lowest BCUT2D eigenvalue weighted by atomic mass is 9.92. The van der Waals surface area contributed by atoms with E-state index in [0.29, 0.717) is 32.5 Å². The molecule has 7 nitrogen and oxygen atoms in total. The van der Waals surface area contributed by atoms with Crippen molar-refractivity contribution in [1.29, 1.82) is 0 Å². The number of amides is 2. The first-order chi connectivity index (χ1) is 14.8. The van der Waals surface area contributed by atoms with E-state index in [1.54, 1.807) is 0 Å². The maximum Gasteiger partial charge on any atom is 0.264 e. The molecule has 2 amide bonds. The third kappa shape index (κ3) is 4.54. The standard InChI is InChI=1S/C23H32N4O3S/c1-15-10-16(2)12-26(11-15)18(28)13-27-14-24-21-19(22(27)29)17(3)20(31-21)23(30)25-8-6-4-5-7-9-25/h14-16H,4-13H2,1-3H3. The summed E-state index contributed by atoms with van der Waals surface area (Å²) in [7, 11) is 0. The average Bonchev–Trinajstić information content (AvgIpc) is 2.90. The monoisotopic (exact) mass is 444 g/mol. The fraction of sp³-hybridized carbons (Fsp3) is 0.652. The maximum atomic E-state index is 13.2. The van der Waals surface area contributed by atoms with E-state index >= 15 is 0 Å². The molecule has 8 heteroatoms. The Balaban J connectivity index is 1.59. The van der Waals surface area contributed by atoms with Crippen molar-refractivity contribution in [2.45, 2.75) is 59.4 Å². The van der Waals surface area contributed by atoms with Crippen LogP contribution in [0.3, 0.4) is 0 Å². The van der Waals surface area contributed by atoms with Crippen molar-refractivity contribution >= 4 is 33.4 Å². The van der Waals surface area contributed by atoms with Gasteiger partial charge in [-0.05, 0) is 43.6 Å². The van der Waals surface area contributed by atoms with E-state index in [9.17, 15) is 14.4 Å². The summed E-state index contributed by atoms with van der Waals surface area (Å²) in [6.07, 6.45) is 6.94. The molecule has 2 aliphatic heterocycles. The van der Waals surface area contributed by atoms with Crippen molar-refractivity contribution < 1.29 is 9.59 Å². The molecule has 2 atom stereocenters. The Kier molecular flexibility index (Phi) is 6.46. The van der Waals surface area contributed by atoms with Gasteiger partial charge in [0, 0.05) is 26.2 Å². The normalized spacial score (nSPS) is 22.5. The van der Waals surface area contributed by atoms with Crippen LogP contribution in [0.5, 0.6) is 0 Å². The highest BCUT2D eigenvalue weighted by Crippen LogP contribution is 2.29. The van der Waals surface area contributed by atoms with Crippen LogP contribution in [0.2, 0.25) is 0 Å². The van der Waals surface area contributed by atoms with Crippen LogP contribution in [0.25, 0.3) is 10.2 Å². The number of hydrogen-bond acceptors (Lipinski definition) is 5. The molecule has 2 aromatic rings. The first-order valence-corrected chi connectivity index (χ1v) is 12.2. The Morgan fingerprint density at radius 2 is 1.71 bits per heavy atom. The van der Waals surface area contributed by atoms with Crippen LogP contribution in [-0.4, -0.2) is 57.3 Å². The highest BCUT2D eigenvalue weighted by Gasteiger charge is 2.27. The Hall–Kier alpha value is -2.22. The predicted molar refractivity (Wildman–Crippen MR) is 123 cm³/mol. The Morgan fingerprint density at radius 1 is 1.06 bits per heavy atom. The minimum absolute atomic E-state index is 0.000665. The number of aromatic nitrogens is 2. The molecule has 0 saturated carbocycles. The summed E-state index contributed by atoms with van der Waals surface area (Å²) in [5, 5.41) is 0.471. The Labute approximate surface area is 187 Å². The van der Waals surface area contributed by atoms with Crippen LogP contribution in [0.4, 0.5) is 0 Å². The van der Waals surface area contributed by atoms with Crippen LogP contribution in [0.15, 0.2) is 11.1 Å². The molecule has 2 aromatic heterocycles. The zero-order valence-electron chi connectivity index (χ0n) is 18.7. The number of carbonyl (C=O) groups is 2. The molecular weight excluding hydrogens is 412 g/mol. The largest absolute Gasteiger partial charge is 0.341 e. The lowest BCUT2D eigenvalue weighted by molar-refractivity contribution is -0.134. The third-order valence-electron chi connectivity index (χ3n) is 6.53. The summed E-state index contributed by atoms with van der Waals surface area (Å²) >= 11 is 1.29. The van der Waals surface area contributed by atoms with Crippen molar-refractivity contribution in [2.75, 3.05) is 26.2 Å². The smallest absolute Gasteiger partial charge is 0.264 e.